The number of halogens is 1. The molecule has 1 aromatic carbocycles. The number of carbonyl (C=O) groups is 1. The number of sulfonamides is 1. The number of benzene rings is 1. The van der Waals surface area contributed by atoms with Crippen LogP contribution in [0.2, 0.25) is 5.02 Å². The van der Waals surface area contributed by atoms with Crippen molar-refractivity contribution in [1.82, 2.24) is 4.31 Å². The lowest BCUT2D eigenvalue weighted by molar-refractivity contribution is -0.142. The summed E-state index contributed by atoms with van der Waals surface area (Å²) in [7, 11) is -2.32. The topological polar surface area (TPSA) is 83.9 Å². The van der Waals surface area contributed by atoms with Gasteiger partial charge >= 0.3 is 5.97 Å². The van der Waals surface area contributed by atoms with Gasteiger partial charge in [-0.15, -0.1) is 0 Å². The minimum Gasteiger partial charge on any atom is -0.495 e. The molecule has 1 aromatic rings. The second kappa shape index (κ2) is 6.44. The second-order valence-electron chi connectivity index (χ2n) is 5.29. The highest BCUT2D eigenvalue weighted by atomic mass is 35.5. The number of hydrogen-bond donors (Lipinski definition) is 1. The number of methoxy groups -OCH3 is 1. The summed E-state index contributed by atoms with van der Waals surface area (Å²) in [6, 6.07) is 2.92. The third-order valence-corrected chi connectivity index (χ3v) is 6.10. The molecule has 6 nitrogen and oxygen atoms in total. The molecule has 0 bridgehead atoms. The molecule has 1 atom stereocenters. The summed E-state index contributed by atoms with van der Waals surface area (Å²) in [6.07, 6.45) is 1.02. The molecule has 1 saturated heterocycles. The Morgan fingerprint density at radius 2 is 2.14 bits per heavy atom. The molecule has 122 valence electrons. The molecule has 0 aliphatic carbocycles. The van der Waals surface area contributed by atoms with Crippen molar-refractivity contribution in [3.05, 3.63) is 22.7 Å². The van der Waals surface area contributed by atoms with Gasteiger partial charge in [0.05, 0.1) is 22.9 Å². The molecule has 0 amide bonds. The first kappa shape index (κ1) is 17.1. The van der Waals surface area contributed by atoms with Gasteiger partial charge in [0.25, 0.3) is 0 Å². The van der Waals surface area contributed by atoms with Crippen molar-refractivity contribution in [2.45, 2.75) is 24.7 Å². The van der Waals surface area contributed by atoms with E-state index in [2.05, 4.69) is 0 Å². The number of aliphatic carboxylic acids is 1. The number of carboxylic acid groups (broad SMARTS) is 1. The van der Waals surface area contributed by atoms with Crippen LogP contribution in [0.15, 0.2) is 17.0 Å². The Balaban J connectivity index is 2.38. The van der Waals surface area contributed by atoms with E-state index in [1.54, 1.807) is 13.0 Å². The van der Waals surface area contributed by atoms with E-state index < -0.39 is 21.9 Å². The monoisotopic (exact) mass is 347 g/mol. The summed E-state index contributed by atoms with van der Waals surface area (Å²) >= 11 is 6.02. The smallest absolute Gasteiger partial charge is 0.307 e. The van der Waals surface area contributed by atoms with Gasteiger partial charge in [-0.25, -0.2) is 8.42 Å². The van der Waals surface area contributed by atoms with Gasteiger partial charge in [0, 0.05) is 13.1 Å². The lowest BCUT2D eigenvalue weighted by atomic mass is 10.0. The van der Waals surface area contributed by atoms with Crippen LogP contribution in [0.5, 0.6) is 5.75 Å². The van der Waals surface area contributed by atoms with E-state index in [4.69, 9.17) is 21.4 Å². The van der Waals surface area contributed by atoms with Crippen molar-refractivity contribution in [1.29, 1.82) is 0 Å². The van der Waals surface area contributed by atoms with E-state index in [9.17, 15) is 13.2 Å². The van der Waals surface area contributed by atoms with Crippen LogP contribution in [0.3, 0.4) is 0 Å². The molecule has 1 aliphatic heterocycles. The fraction of sp³-hybridized carbons (Fsp3) is 0.500. The first-order chi connectivity index (χ1) is 10.3. The molecule has 1 N–H and O–H groups in total. The SMILES string of the molecule is COc1cc(C)c(S(=O)(=O)N2CCCC(C(=O)O)C2)cc1Cl. The zero-order chi connectivity index (χ0) is 16.5. The highest BCUT2D eigenvalue weighted by molar-refractivity contribution is 7.89. The van der Waals surface area contributed by atoms with Crippen LogP contribution in [0, 0.1) is 12.8 Å². The molecule has 2 rings (SSSR count). The lowest BCUT2D eigenvalue weighted by Crippen LogP contribution is -2.42. The van der Waals surface area contributed by atoms with Crippen molar-refractivity contribution in [2.24, 2.45) is 5.92 Å². The van der Waals surface area contributed by atoms with Crippen molar-refractivity contribution in [2.75, 3.05) is 20.2 Å². The summed E-state index contributed by atoms with van der Waals surface area (Å²) in [5.74, 6) is -1.23. The number of nitrogens with zero attached hydrogens (tertiary/aromatic N) is 1. The highest BCUT2D eigenvalue weighted by Crippen LogP contribution is 2.32. The van der Waals surface area contributed by atoms with Gasteiger partial charge in [-0.3, -0.25) is 4.79 Å². The Bertz CT molecular complexity index is 689. The quantitative estimate of drug-likeness (QED) is 0.902. The molecule has 0 radical (unpaired) electrons. The van der Waals surface area contributed by atoms with Crippen LogP contribution in [0.4, 0.5) is 0 Å². The van der Waals surface area contributed by atoms with E-state index in [0.29, 0.717) is 30.7 Å². The van der Waals surface area contributed by atoms with Gasteiger partial charge in [0.2, 0.25) is 10.0 Å². The van der Waals surface area contributed by atoms with E-state index in [0.717, 1.165) is 0 Å². The number of rotatable bonds is 4. The molecule has 8 heteroatoms. The molecule has 22 heavy (non-hydrogen) atoms. The van der Waals surface area contributed by atoms with Crippen molar-refractivity contribution < 1.29 is 23.1 Å². The summed E-state index contributed by atoms with van der Waals surface area (Å²) in [5, 5.41) is 9.31. The third-order valence-electron chi connectivity index (χ3n) is 3.80. The largest absolute Gasteiger partial charge is 0.495 e. The first-order valence-electron chi connectivity index (χ1n) is 6.84. The van der Waals surface area contributed by atoms with Gasteiger partial charge in [-0.2, -0.15) is 4.31 Å². The number of piperidine rings is 1. The number of ether oxygens (including phenoxy) is 1. The normalized spacial score (nSPS) is 19.9. The second-order valence-corrected chi connectivity index (χ2v) is 7.61. The van der Waals surface area contributed by atoms with Crippen molar-refractivity contribution in [3.8, 4) is 5.75 Å². The molecule has 1 fully saturated rings. The Hall–Kier alpha value is -1.31. The van der Waals surface area contributed by atoms with Crippen LogP contribution in [-0.4, -0.2) is 44.0 Å². The van der Waals surface area contributed by atoms with Crippen LogP contribution in [-0.2, 0) is 14.8 Å². The van der Waals surface area contributed by atoms with Gasteiger partial charge in [0.1, 0.15) is 5.75 Å². The van der Waals surface area contributed by atoms with Crippen LogP contribution >= 0.6 is 11.6 Å². The predicted octanol–water partition coefficient (Wildman–Crippen LogP) is 2.14. The van der Waals surface area contributed by atoms with Crippen molar-refractivity contribution in [3.63, 3.8) is 0 Å². The number of carboxylic acids is 1. The highest BCUT2D eigenvalue weighted by Gasteiger charge is 2.34. The van der Waals surface area contributed by atoms with Crippen LogP contribution in [0.25, 0.3) is 0 Å². The van der Waals surface area contributed by atoms with Gasteiger partial charge in [0.15, 0.2) is 0 Å². The summed E-state index contributed by atoms with van der Waals surface area (Å²) < 4.78 is 31.8. The van der Waals surface area contributed by atoms with Crippen molar-refractivity contribution >= 4 is 27.6 Å². The molecule has 0 saturated carbocycles. The van der Waals surface area contributed by atoms with E-state index in [-0.39, 0.29) is 16.5 Å². The zero-order valence-corrected chi connectivity index (χ0v) is 13.9. The molecule has 1 unspecified atom stereocenters. The molecular weight excluding hydrogens is 330 g/mol. The van der Waals surface area contributed by atoms with Crippen LogP contribution < -0.4 is 4.74 Å². The average molecular weight is 348 g/mol. The minimum atomic E-state index is -3.78. The maximum absolute atomic E-state index is 12.8. The molecule has 0 spiro atoms. The Morgan fingerprint density at radius 1 is 1.45 bits per heavy atom. The zero-order valence-electron chi connectivity index (χ0n) is 12.4. The minimum absolute atomic E-state index is 0.0131. The van der Waals surface area contributed by atoms with E-state index >= 15 is 0 Å². The van der Waals surface area contributed by atoms with Crippen LogP contribution in [0.1, 0.15) is 18.4 Å². The maximum atomic E-state index is 12.8. The predicted molar refractivity (Wildman–Crippen MR) is 81.9 cm³/mol. The number of hydrogen-bond acceptors (Lipinski definition) is 4. The fourth-order valence-electron chi connectivity index (χ4n) is 2.57. The third kappa shape index (κ3) is 3.21. The molecule has 0 aromatic heterocycles. The summed E-state index contributed by atoms with van der Waals surface area (Å²) in [4.78, 5) is 11.2. The van der Waals surface area contributed by atoms with Gasteiger partial charge in [-0.05, 0) is 37.5 Å². The maximum Gasteiger partial charge on any atom is 0.307 e. The Morgan fingerprint density at radius 3 is 2.73 bits per heavy atom. The summed E-state index contributed by atoms with van der Waals surface area (Å²) in [5.41, 5.74) is 0.513. The standard InChI is InChI=1S/C14H18ClNO5S/c1-9-6-12(21-2)11(15)7-13(9)22(19,20)16-5-3-4-10(8-16)14(17)18/h6-7,10H,3-5,8H2,1-2H3,(H,17,18). The fourth-order valence-corrected chi connectivity index (χ4v) is 4.63. The first-order valence-corrected chi connectivity index (χ1v) is 8.66. The number of aryl methyl sites for hydroxylation is 1. The Kier molecular flexibility index (Phi) is 4.99. The van der Waals surface area contributed by atoms with Gasteiger partial charge < -0.3 is 9.84 Å². The van der Waals surface area contributed by atoms with Gasteiger partial charge in [-0.1, -0.05) is 11.6 Å². The Labute approximate surface area is 134 Å². The molecule has 1 heterocycles. The molecule has 1 aliphatic rings. The summed E-state index contributed by atoms with van der Waals surface area (Å²) in [6.45, 7) is 1.96. The van der Waals surface area contributed by atoms with E-state index in [1.807, 2.05) is 0 Å². The van der Waals surface area contributed by atoms with E-state index in [1.165, 1.54) is 17.5 Å². The lowest BCUT2D eigenvalue weighted by Gasteiger charge is -2.30. The molecular formula is C14H18ClNO5S. The average Bonchev–Trinajstić information content (AvgIpc) is 2.49.